The first-order valence-electron chi connectivity index (χ1n) is 9.17. The molecule has 1 aromatic carbocycles. The highest BCUT2D eigenvalue weighted by Crippen LogP contribution is 2.37. The molecule has 1 saturated carbocycles. The van der Waals surface area contributed by atoms with Crippen LogP contribution in [0.15, 0.2) is 53.4 Å². The van der Waals surface area contributed by atoms with Gasteiger partial charge in [-0.25, -0.2) is 4.98 Å². The Kier molecular flexibility index (Phi) is 4.59. The molecule has 1 aliphatic carbocycles. The molecule has 4 rings (SSSR count). The van der Waals surface area contributed by atoms with Crippen molar-refractivity contribution < 1.29 is 9.15 Å². The molecule has 2 aromatic heterocycles. The summed E-state index contributed by atoms with van der Waals surface area (Å²) in [7, 11) is 0. The van der Waals surface area contributed by atoms with E-state index in [-0.39, 0.29) is 0 Å². The monoisotopic (exact) mass is 336 g/mol. The maximum atomic E-state index is 5.92. The van der Waals surface area contributed by atoms with Crippen LogP contribution in [0.3, 0.4) is 0 Å². The van der Waals surface area contributed by atoms with Crippen LogP contribution in [0.5, 0.6) is 5.75 Å². The lowest BCUT2D eigenvalue weighted by Crippen LogP contribution is -2.03. The van der Waals surface area contributed by atoms with Crippen LogP contribution in [0.1, 0.15) is 32.6 Å². The van der Waals surface area contributed by atoms with Crippen molar-refractivity contribution in [2.45, 2.75) is 39.2 Å². The zero-order valence-corrected chi connectivity index (χ0v) is 14.6. The first-order valence-corrected chi connectivity index (χ1v) is 9.17. The number of ether oxygens (including phenoxy) is 1. The minimum atomic E-state index is 0.743. The van der Waals surface area contributed by atoms with Gasteiger partial charge in [0.15, 0.2) is 0 Å². The van der Waals surface area contributed by atoms with Crippen LogP contribution in [0, 0.1) is 5.92 Å². The highest BCUT2D eigenvalue weighted by Gasteiger charge is 2.24. The molecule has 0 spiro atoms. The number of rotatable bonds is 8. The van der Waals surface area contributed by atoms with Gasteiger partial charge in [-0.2, -0.15) is 0 Å². The first kappa shape index (κ1) is 16.0. The van der Waals surface area contributed by atoms with Crippen molar-refractivity contribution in [3.8, 4) is 28.5 Å². The van der Waals surface area contributed by atoms with Gasteiger partial charge in [0.2, 0.25) is 0 Å². The lowest BCUT2D eigenvalue weighted by Gasteiger charge is -2.13. The largest absolute Gasteiger partial charge is 0.494 e. The fraction of sp³-hybridized carbons (Fsp3) is 0.381. The Bertz CT molecular complexity index is 816. The highest BCUT2D eigenvalue weighted by atomic mass is 16.5. The Morgan fingerprint density at radius 3 is 2.92 bits per heavy atom. The van der Waals surface area contributed by atoms with E-state index in [0.29, 0.717) is 0 Å². The maximum Gasteiger partial charge on any atom is 0.140 e. The number of furan rings is 1. The third-order valence-electron chi connectivity index (χ3n) is 4.65. The molecule has 1 aliphatic rings. The third kappa shape index (κ3) is 3.63. The standard InChI is InChI=1S/C21H24N2O2/c1-2-3-12-24-17-8-9-18(20-5-4-13-25-20)19(14-17)21-22-10-11-23(21)15-16-6-7-16/h4-5,8-11,13-14,16H,2-3,6-7,12,15H2,1H3. The molecular formula is C21H24N2O2. The normalized spacial score (nSPS) is 14.0. The molecule has 0 bridgehead atoms. The van der Waals surface area contributed by atoms with E-state index in [0.717, 1.165) is 60.4 Å². The summed E-state index contributed by atoms with van der Waals surface area (Å²) in [4.78, 5) is 4.64. The summed E-state index contributed by atoms with van der Waals surface area (Å²) in [5.74, 6) is 3.53. The Morgan fingerprint density at radius 2 is 2.16 bits per heavy atom. The average molecular weight is 336 g/mol. The van der Waals surface area contributed by atoms with Gasteiger partial charge in [0.05, 0.1) is 12.9 Å². The van der Waals surface area contributed by atoms with Gasteiger partial charge >= 0.3 is 0 Å². The molecule has 25 heavy (non-hydrogen) atoms. The summed E-state index contributed by atoms with van der Waals surface area (Å²) < 4.78 is 13.8. The van der Waals surface area contributed by atoms with Gasteiger partial charge in [-0.05, 0) is 55.5 Å². The summed E-state index contributed by atoms with van der Waals surface area (Å²) in [6, 6.07) is 10.1. The second-order valence-corrected chi connectivity index (χ2v) is 6.73. The molecule has 2 heterocycles. The number of unbranched alkanes of at least 4 members (excludes halogenated alkanes) is 1. The van der Waals surface area contributed by atoms with E-state index in [1.54, 1.807) is 6.26 Å². The average Bonchev–Trinajstić information content (AvgIpc) is 3.10. The van der Waals surface area contributed by atoms with E-state index in [9.17, 15) is 0 Å². The van der Waals surface area contributed by atoms with Gasteiger partial charge < -0.3 is 13.7 Å². The van der Waals surface area contributed by atoms with Gasteiger partial charge in [0.1, 0.15) is 17.3 Å². The van der Waals surface area contributed by atoms with Crippen molar-refractivity contribution in [1.29, 1.82) is 0 Å². The lowest BCUT2D eigenvalue weighted by molar-refractivity contribution is 0.309. The number of hydrogen-bond acceptors (Lipinski definition) is 3. The fourth-order valence-electron chi connectivity index (χ4n) is 3.06. The van der Waals surface area contributed by atoms with Crippen LogP contribution in [0.25, 0.3) is 22.7 Å². The second-order valence-electron chi connectivity index (χ2n) is 6.73. The second kappa shape index (κ2) is 7.18. The van der Waals surface area contributed by atoms with E-state index >= 15 is 0 Å². The molecule has 0 aliphatic heterocycles. The van der Waals surface area contributed by atoms with Crippen LogP contribution < -0.4 is 4.74 Å². The lowest BCUT2D eigenvalue weighted by atomic mass is 10.0. The van der Waals surface area contributed by atoms with Crippen LogP contribution in [-0.2, 0) is 6.54 Å². The number of nitrogens with zero attached hydrogens (tertiary/aromatic N) is 2. The van der Waals surface area contributed by atoms with Crippen molar-refractivity contribution in [3.63, 3.8) is 0 Å². The predicted octanol–water partition coefficient (Wildman–Crippen LogP) is 5.40. The number of imidazole rings is 1. The zero-order valence-electron chi connectivity index (χ0n) is 14.6. The molecule has 0 saturated heterocycles. The van der Waals surface area contributed by atoms with Crippen molar-refractivity contribution in [1.82, 2.24) is 9.55 Å². The fourth-order valence-corrected chi connectivity index (χ4v) is 3.06. The van der Waals surface area contributed by atoms with Gasteiger partial charge in [-0.1, -0.05) is 13.3 Å². The number of benzene rings is 1. The smallest absolute Gasteiger partial charge is 0.140 e. The van der Waals surface area contributed by atoms with Crippen molar-refractivity contribution in [2.24, 2.45) is 5.92 Å². The molecule has 0 amide bonds. The molecule has 0 atom stereocenters. The van der Waals surface area contributed by atoms with E-state index in [2.05, 4.69) is 34.8 Å². The Labute approximate surface area is 148 Å². The van der Waals surface area contributed by atoms with Crippen molar-refractivity contribution in [2.75, 3.05) is 6.61 Å². The van der Waals surface area contributed by atoms with Crippen LogP contribution in [0.4, 0.5) is 0 Å². The Balaban J connectivity index is 1.72. The minimum absolute atomic E-state index is 0.743. The third-order valence-corrected chi connectivity index (χ3v) is 4.65. The molecular weight excluding hydrogens is 312 g/mol. The van der Waals surface area contributed by atoms with Gasteiger partial charge in [0, 0.05) is 30.1 Å². The Hall–Kier alpha value is -2.49. The number of hydrogen-bond donors (Lipinski definition) is 0. The molecule has 130 valence electrons. The molecule has 0 N–H and O–H groups in total. The topological polar surface area (TPSA) is 40.2 Å². The molecule has 4 heteroatoms. The van der Waals surface area contributed by atoms with Gasteiger partial charge in [0.25, 0.3) is 0 Å². The summed E-state index contributed by atoms with van der Waals surface area (Å²) >= 11 is 0. The molecule has 4 nitrogen and oxygen atoms in total. The van der Waals surface area contributed by atoms with E-state index in [1.807, 2.05) is 24.4 Å². The number of aromatic nitrogens is 2. The highest BCUT2D eigenvalue weighted by molar-refractivity contribution is 5.79. The quantitative estimate of drug-likeness (QED) is 0.517. The summed E-state index contributed by atoms with van der Waals surface area (Å²) in [5, 5.41) is 0. The van der Waals surface area contributed by atoms with Gasteiger partial charge in [-0.3, -0.25) is 0 Å². The predicted molar refractivity (Wildman–Crippen MR) is 98.5 cm³/mol. The first-order chi connectivity index (χ1) is 12.3. The molecule has 3 aromatic rings. The SMILES string of the molecule is CCCCOc1ccc(-c2ccco2)c(-c2nccn2CC2CC2)c1. The summed E-state index contributed by atoms with van der Waals surface area (Å²) in [5.41, 5.74) is 2.12. The zero-order chi connectivity index (χ0) is 17.1. The van der Waals surface area contributed by atoms with Gasteiger partial charge in [-0.15, -0.1) is 0 Å². The van der Waals surface area contributed by atoms with E-state index in [4.69, 9.17) is 9.15 Å². The van der Waals surface area contributed by atoms with E-state index in [1.165, 1.54) is 12.8 Å². The summed E-state index contributed by atoms with van der Waals surface area (Å²) in [6.45, 7) is 3.95. The minimum Gasteiger partial charge on any atom is -0.494 e. The maximum absolute atomic E-state index is 5.92. The van der Waals surface area contributed by atoms with Crippen LogP contribution in [-0.4, -0.2) is 16.2 Å². The van der Waals surface area contributed by atoms with Crippen LogP contribution in [0.2, 0.25) is 0 Å². The summed E-state index contributed by atoms with van der Waals surface area (Å²) in [6.07, 6.45) is 10.5. The molecule has 0 radical (unpaired) electrons. The molecule has 1 fully saturated rings. The van der Waals surface area contributed by atoms with Crippen molar-refractivity contribution >= 4 is 0 Å². The molecule has 0 unspecified atom stereocenters. The Morgan fingerprint density at radius 1 is 1.24 bits per heavy atom. The van der Waals surface area contributed by atoms with E-state index < -0.39 is 0 Å². The van der Waals surface area contributed by atoms with Crippen LogP contribution >= 0.6 is 0 Å². The van der Waals surface area contributed by atoms with Crippen molar-refractivity contribution in [3.05, 3.63) is 49.0 Å².